The number of nitrogens with zero attached hydrogens (tertiary/aromatic N) is 4. The van der Waals surface area contributed by atoms with E-state index in [0.29, 0.717) is 25.2 Å². The lowest BCUT2D eigenvalue weighted by atomic mass is 9.99. The summed E-state index contributed by atoms with van der Waals surface area (Å²) in [5.41, 5.74) is 2.58. The standard InChI is InChI=1S/C25H28F3N5O/c1-17(2)23-22-20(15-33(23)14-18-4-6-21(7-5-18)25(26,27)28)12-19(13-31-22)24(34)30-8-3-10-32-11-9-29-16-32/h4-7,9,11-13,16-17,23H,3,8,10,14-15H2,1-2H3,(H,30,34)/t23-/m0/s1. The van der Waals surface area contributed by atoms with Crippen molar-refractivity contribution >= 4 is 5.91 Å². The predicted molar refractivity (Wildman–Crippen MR) is 122 cm³/mol. The van der Waals surface area contributed by atoms with Crippen molar-refractivity contribution in [2.45, 2.75) is 52.1 Å². The topological polar surface area (TPSA) is 63.1 Å². The van der Waals surface area contributed by atoms with Crippen molar-refractivity contribution in [2.75, 3.05) is 6.54 Å². The van der Waals surface area contributed by atoms with Gasteiger partial charge in [0, 0.05) is 44.8 Å². The SMILES string of the molecule is CC(C)[C@H]1c2ncc(C(=O)NCCCn3ccnc3)cc2CN1Cc1ccc(C(F)(F)F)cc1. The maximum atomic E-state index is 12.9. The number of hydrogen-bond acceptors (Lipinski definition) is 4. The summed E-state index contributed by atoms with van der Waals surface area (Å²) in [6.45, 7) is 6.62. The van der Waals surface area contributed by atoms with Crippen molar-refractivity contribution in [3.63, 3.8) is 0 Å². The van der Waals surface area contributed by atoms with Crippen molar-refractivity contribution in [3.05, 3.63) is 83.2 Å². The largest absolute Gasteiger partial charge is 0.416 e. The van der Waals surface area contributed by atoms with Crippen LogP contribution in [0.4, 0.5) is 13.2 Å². The first-order chi connectivity index (χ1) is 16.2. The van der Waals surface area contributed by atoms with E-state index in [2.05, 4.69) is 34.0 Å². The Kier molecular flexibility index (Phi) is 7.02. The molecule has 34 heavy (non-hydrogen) atoms. The monoisotopic (exact) mass is 471 g/mol. The Morgan fingerprint density at radius 2 is 2.00 bits per heavy atom. The summed E-state index contributed by atoms with van der Waals surface area (Å²) in [6.07, 6.45) is 3.41. The van der Waals surface area contributed by atoms with E-state index in [-0.39, 0.29) is 17.9 Å². The molecule has 180 valence electrons. The van der Waals surface area contributed by atoms with E-state index in [0.717, 1.165) is 41.9 Å². The Morgan fingerprint density at radius 1 is 1.24 bits per heavy atom. The molecule has 0 bridgehead atoms. The Morgan fingerprint density at radius 3 is 2.65 bits per heavy atom. The van der Waals surface area contributed by atoms with Crippen LogP contribution in [0.1, 0.15) is 59.1 Å². The highest BCUT2D eigenvalue weighted by Crippen LogP contribution is 2.39. The molecule has 0 radical (unpaired) electrons. The maximum absolute atomic E-state index is 12.9. The highest BCUT2D eigenvalue weighted by atomic mass is 19.4. The van der Waals surface area contributed by atoms with Gasteiger partial charge in [0.05, 0.1) is 29.2 Å². The Labute approximate surface area is 196 Å². The van der Waals surface area contributed by atoms with Gasteiger partial charge in [0.2, 0.25) is 0 Å². The molecule has 0 unspecified atom stereocenters. The second-order valence-corrected chi connectivity index (χ2v) is 8.97. The minimum Gasteiger partial charge on any atom is -0.352 e. The maximum Gasteiger partial charge on any atom is 0.416 e. The number of fused-ring (bicyclic) bond motifs is 1. The molecule has 1 aliphatic rings. The molecule has 1 aromatic carbocycles. The van der Waals surface area contributed by atoms with E-state index >= 15 is 0 Å². The van der Waals surface area contributed by atoms with E-state index in [9.17, 15) is 18.0 Å². The van der Waals surface area contributed by atoms with Crippen LogP contribution in [0, 0.1) is 5.92 Å². The molecular weight excluding hydrogens is 443 g/mol. The number of rotatable bonds is 8. The third kappa shape index (κ3) is 5.47. The van der Waals surface area contributed by atoms with Crippen LogP contribution in [-0.2, 0) is 25.8 Å². The summed E-state index contributed by atoms with van der Waals surface area (Å²) in [5, 5.41) is 2.94. The molecule has 1 atom stereocenters. The molecule has 9 heteroatoms. The number of nitrogens with one attached hydrogen (secondary N) is 1. The van der Waals surface area contributed by atoms with Crippen molar-refractivity contribution in [2.24, 2.45) is 5.92 Å². The fraction of sp³-hybridized carbons (Fsp3) is 0.400. The Hall–Kier alpha value is -3.20. The van der Waals surface area contributed by atoms with E-state index in [1.807, 2.05) is 16.8 Å². The summed E-state index contributed by atoms with van der Waals surface area (Å²) in [4.78, 5) is 23.5. The molecule has 1 N–H and O–H groups in total. The number of benzene rings is 1. The summed E-state index contributed by atoms with van der Waals surface area (Å²) in [6, 6.07) is 7.21. The van der Waals surface area contributed by atoms with Gasteiger partial charge in [0.1, 0.15) is 0 Å². The van der Waals surface area contributed by atoms with Crippen LogP contribution < -0.4 is 5.32 Å². The van der Waals surface area contributed by atoms with Crippen LogP contribution >= 0.6 is 0 Å². The quantitative estimate of drug-likeness (QED) is 0.478. The van der Waals surface area contributed by atoms with Gasteiger partial charge in [0.15, 0.2) is 0 Å². The molecule has 1 aliphatic heterocycles. The first-order valence-electron chi connectivity index (χ1n) is 11.4. The highest BCUT2D eigenvalue weighted by molar-refractivity contribution is 5.94. The average molecular weight is 472 g/mol. The van der Waals surface area contributed by atoms with Crippen molar-refractivity contribution in [1.29, 1.82) is 0 Å². The van der Waals surface area contributed by atoms with Crippen LogP contribution in [0.3, 0.4) is 0 Å². The number of carbonyl (C=O) groups is 1. The predicted octanol–water partition coefficient (Wildman–Crippen LogP) is 4.83. The molecular formula is C25H28F3N5O. The number of alkyl halides is 3. The van der Waals surface area contributed by atoms with Crippen LogP contribution in [-0.4, -0.2) is 31.9 Å². The number of pyridine rings is 1. The molecule has 3 heterocycles. The summed E-state index contributed by atoms with van der Waals surface area (Å²) in [7, 11) is 0. The van der Waals surface area contributed by atoms with E-state index in [1.165, 1.54) is 12.1 Å². The van der Waals surface area contributed by atoms with Crippen LogP contribution in [0.5, 0.6) is 0 Å². The smallest absolute Gasteiger partial charge is 0.352 e. The van der Waals surface area contributed by atoms with E-state index in [1.54, 1.807) is 18.7 Å². The number of imidazole rings is 1. The van der Waals surface area contributed by atoms with Gasteiger partial charge in [-0.25, -0.2) is 4.98 Å². The van der Waals surface area contributed by atoms with Gasteiger partial charge in [-0.15, -0.1) is 0 Å². The zero-order chi connectivity index (χ0) is 24.3. The van der Waals surface area contributed by atoms with Crippen LogP contribution in [0.15, 0.2) is 55.2 Å². The molecule has 1 amide bonds. The number of halogens is 3. The van der Waals surface area contributed by atoms with Crippen LogP contribution in [0.2, 0.25) is 0 Å². The van der Waals surface area contributed by atoms with Gasteiger partial charge < -0.3 is 9.88 Å². The van der Waals surface area contributed by atoms with Crippen LogP contribution in [0.25, 0.3) is 0 Å². The van der Waals surface area contributed by atoms with E-state index < -0.39 is 11.7 Å². The molecule has 0 spiro atoms. The third-order valence-corrected chi connectivity index (χ3v) is 6.05. The number of hydrogen-bond donors (Lipinski definition) is 1. The summed E-state index contributed by atoms with van der Waals surface area (Å²) >= 11 is 0. The molecule has 4 rings (SSSR count). The minimum absolute atomic E-state index is 0.0320. The highest BCUT2D eigenvalue weighted by Gasteiger charge is 2.35. The second-order valence-electron chi connectivity index (χ2n) is 8.97. The lowest BCUT2D eigenvalue weighted by Crippen LogP contribution is -2.26. The van der Waals surface area contributed by atoms with Gasteiger partial charge in [0.25, 0.3) is 5.91 Å². The summed E-state index contributed by atoms with van der Waals surface area (Å²) < 4.78 is 40.6. The number of carbonyl (C=O) groups excluding carboxylic acids is 1. The van der Waals surface area contributed by atoms with Gasteiger partial charge in [-0.05, 0) is 41.7 Å². The molecule has 3 aromatic rings. The van der Waals surface area contributed by atoms with Gasteiger partial charge in [-0.1, -0.05) is 26.0 Å². The number of aryl methyl sites for hydroxylation is 1. The van der Waals surface area contributed by atoms with Gasteiger partial charge >= 0.3 is 6.18 Å². The number of aromatic nitrogens is 3. The minimum atomic E-state index is -4.34. The first-order valence-corrected chi connectivity index (χ1v) is 11.4. The first kappa shape index (κ1) is 23.9. The third-order valence-electron chi connectivity index (χ3n) is 6.05. The molecule has 0 saturated heterocycles. The lowest BCUT2D eigenvalue weighted by molar-refractivity contribution is -0.137. The fourth-order valence-corrected chi connectivity index (χ4v) is 4.44. The molecule has 2 aromatic heterocycles. The molecule has 0 fully saturated rings. The average Bonchev–Trinajstić information content (AvgIpc) is 3.43. The second kappa shape index (κ2) is 9.97. The normalized spacial score (nSPS) is 16.1. The number of amides is 1. The van der Waals surface area contributed by atoms with Gasteiger partial charge in [-0.2, -0.15) is 13.2 Å². The van der Waals surface area contributed by atoms with Gasteiger partial charge in [-0.3, -0.25) is 14.7 Å². The summed E-state index contributed by atoms with van der Waals surface area (Å²) in [5.74, 6) is 0.0919. The molecule has 0 saturated carbocycles. The lowest BCUT2D eigenvalue weighted by Gasteiger charge is -2.27. The molecule has 6 nitrogen and oxygen atoms in total. The zero-order valence-corrected chi connectivity index (χ0v) is 19.2. The molecule has 0 aliphatic carbocycles. The fourth-order valence-electron chi connectivity index (χ4n) is 4.44. The van der Waals surface area contributed by atoms with Crippen molar-refractivity contribution in [1.82, 2.24) is 24.8 Å². The Bertz CT molecular complexity index is 1110. The Balaban J connectivity index is 1.41. The van der Waals surface area contributed by atoms with Crippen molar-refractivity contribution < 1.29 is 18.0 Å². The zero-order valence-electron chi connectivity index (χ0n) is 19.2. The van der Waals surface area contributed by atoms with Crippen molar-refractivity contribution in [3.8, 4) is 0 Å². The van der Waals surface area contributed by atoms with E-state index in [4.69, 9.17) is 0 Å².